The van der Waals surface area contributed by atoms with Gasteiger partial charge in [-0.2, -0.15) is 0 Å². The number of para-hydroxylation sites is 2. The molecule has 0 amide bonds. The molecule has 16 aromatic rings. The van der Waals surface area contributed by atoms with E-state index in [1.807, 2.05) is 0 Å². The lowest BCUT2D eigenvalue weighted by molar-refractivity contribution is 0.590. The minimum Gasteiger partial charge on any atom is -0.310 e. The third-order valence-electron chi connectivity index (χ3n) is 21.0. The van der Waals surface area contributed by atoms with Gasteiger partial charge in [0.05, 0.1) is 39.5 Å². The van der Waals surface area contributed by atoms with Gasteiger partial charge in [0.2, 0.25) is 0 Å². The molecule has 0 unspecified atom stereocenters. The van der Waals surface area contributed by atoms with Crippen molar-refractivity contribution < 1.29 is 0 Å². The van der Waals surface area contributed by atoms with Crippen LogP contribution in [-0.4, -0.2) is 21.2 Å². The van der Waals surface area contributed by atoms with Gasteiger partial charge in [0.15, 0.2) is 0 Å². The van der Waals surface area contributed by atoms with E-state index in [1.165, 1.54) is 38.3 Å². The fourth-order valence-electron chi connectivity index (χ4n) is 15.8. The van der Waals surface area contributed by atoms with Crippen molar-refractivity contribution in [2.45, 2.75) is 52.4 Å². The first-order valence-electron chi connectivity index (χ1n) is 35.5. The summed E-state index contributed by atoms with van der Waals surface area (Å²) >= 11 is 0. The van der Waals surface area contributed by atoms with Gasteiger partial charge in [-0.25, -0.2) is 0 Å². The van der Waals surface area contributed by atoms with E-state index in [0.29, 0.717) is 0 Å². The Morgan fingerprint density at radius 2 is 0.608 bits per heavy atom. The summed E-state index contributed by atoms with van der Waals surface area (Å²) in [6.07, 6.45) is 4.11. The van der Waals surface area contributed by atoms with Crippen LogP contribution in [0.25, 0.3) is 117 Å². The summed E-state index contributed by atoms with van der Waals surface area (Å²) in [5.74, 6) is 0. The number of pyridine rings is 2. The van der Waals surface area contributed by atoms with E-state index in [1.54, 1.807) is 0 Å². The monoisotopic (exact) mass is 1310 g/mol. The van der Waals surface area contributed by atoms with Crippen molar-refractivity contribution in [3.05, 3.63) is 351 Å². The van der Waals surface area contributed by atoms with E-state index in [9.17, 15) is 0 Å². The molecule has 0 atom stereocenters. The molecule has 0 saturated heterocycles. The summed E-state index contributed by atoms with van der Waals surface area (Å²) < 4.78 is 2.58. The molecule has 0 saturated carbocycles. The predicted octanol–water partition coefficient (Wildman–Crippen LogP) is 23.6. The molecule has 0 N–H and O–H groups in total. The summed E-state index contributed by atoms with van der Waals surface area (Å²) in [6.45, 7) is 13.7. The molecule has 0 bridgehead atoms. The quantitative estimate of drug-likeness (QED) is 0.121. The number of rotatable bonds is 11. The van der Waals surface area contributed by atoms with E-state index in [2.05, 4.69) is 396 Å². The van der Waals surface area contributed by atoms with Crippen LogP contribution in [0.2, 0.25) is 0 Å². The summed E-state index contributed by atoms with van der Waals surface area (Å²) in [4.78, 5) is 15.7. The predicted molar refractivity (Wildman–Crippen MR) is 431 cm³/mol. The average Bonchev–Trinajstić information content (AvgIpc) is 1.45. The first-order valence-corrected chi connectivity index (χ1v) is 35.5. The van der Waals surface area contributed by atoms with Gasteiger partial charge in [-0.15, -0.1) is 0 Å². The first kappa shape index (κ1) is 61.9. The van der Waals surface area contributed by atoms with Crippen LogP contribution in [-0.2, 0) is 10.8 Å². The van der Waals surface area contributed by atoms with Crippen LogP contribution in [0, 0.1) is 0 Å². The first-order chi connectivity index (χ1) is 49.9. The van der Waals surface area contributed by atoms with Crippen LogP contribution in [0.4, 0.5) is 34.1 Å². The van der Waals surface area contributed by atoms with Gasteiger partial charge in [-0.1, -0.05) is 308 Å². The minimum absolute atomic E-state index is 0.0973. The van der Waals surface area contributed by atoms with Crippen molar-refractivity contribution in [2.24, 2.45) is 0 Å². The molecule has 5 heterocycles. The summed E-state index contributed by atoms with van der Waals surface area (Å²) in [5.41, 5.74) is 33.0. The normalized spacial score (nSPS) is 12.5. The molecule has 13 aromatic carbocycles. The van der Waals surface area contributed by atoms with Gasteiger partial charge in [-0.3, -0.25) is 9.97 Å². The van der Waals surface area contributed by atoms with Gasteiger partial charge in [0.25, 0.3) is 6.71 Å². The average molecular weight is 1310 g/mol. The second-order valence-electron chi connectivity index (χ2n) is 29.3. The maximum atomic E-state index is 5.19. The van der Waals surface area contributed by atoms with E-state index < -0.39 is 0 Å². The number of aromatic nitrogens is 3. The number of hydrogen-bond donors (Lipinski definition) is 0. The summed E-state index contributed by atoms with van der Waals surface area (Å²) in [7, 11) is 0. The lowest BCUT2D eigenvalue weighted by atomic mass is 9.33. The second kappa shape index (κ2) is 24.8. The van der Waals surface area contributed by atoms with Crippen molar-refractivity contribution in [3.63, 3.8) is 0 Å². The van der Waals surface area contributed by atoms with Crippen LogP contribution in [0.3, 0.4) is 0 Å². The largest absolute Gasteiger partial charge is 0.310 e. The molecule has 0 fully saturated rings. The van der Waals surface area contributed by atoms with Crippen molar-refractivity contribution in [1.29, 1.82) is 0 Å². The number of hydrogen-bond acceptors (Lipinski definition) is 4. The molecule has 6 heteroatoms. The highest BCUT2D eigenvalue weighted by Gasteiger charge is 2.46. The maximum Gasteiger partial charge on any atom is 0.252 e. The van der Waals surface area contributed by atoms with Crippen LogP contribution in [0.15, 0.2) is 340 Å². The Bertz CT molecular complexity index is 5390. The molecule has 0 spiro atoms. The molecule has 2 aliphatic heterocycles. The van der Waals surface area contributed by atoms with Gasteiger partial charge in [-0.05, 0) is 132 Å². The Labute approximate surface area is 598 Å². The molecular formula is C96H74BN5. The minimum atomic E-state index is -0.267. The van der Waals surface area contributed by atoms with Crippen LogP contribution < -0.4 is 26.2 Å². The van der Waals surface area contributed by atoms with Crippen LogP contribution in [0.5, 0.6) is 0 Å². The van der Waals surface area contributed by atoms with E-state index >= 15 is 0 Å². The number of anilines is 6. The van der Waals surface area contributed by atoms with Gasteiger partial charge in [0, 0.05) is 90.4 Å². The molecule has 102 heavy (non-hydrogen) atoms. The van der Waals surface area contributed by atoms with E-state index in [0.717, 1.165) is 140 Å². The highest BCUT2D eigenvalue weighted by Crippen LogP contribution is 2.54. The zero-order valence-corrected chi connectivity index (χ0v) is 58.1. The van der Waals surface area contributed by atoms with Crippen LogP contribution in [0.1, 0.15) is 52.7 Å². The Morgan fingerprint density at radius 3 is 0.931 bits per heavy atom. The summed E-state index contributed by atoms with van der Waals surface area (Å²) in [6, 6.07) is 122. The second-order valence-corrected chi connectivity index (χ2v) is 29.3. The SMILES string of the molecule is CC(C)(C)c1ccc2c(c1)c1cc(C(C)(C)C)ccc1n2-c1cc2c3c(c1)N(c1c(-c4ccccc4)cccc1-c1ccccc1)c1cc(-c4ccc(-c5ccccc5)nc4)ccc1B3c1ccc(-c3ccc(-c4ccccc4)nc3)cc1N2c1c(-c2ccccc2)cccc1-c1ccccc1. The maximum absolute atomic E-state index is 5.19. The standard InChI is InChI=1S/C96H74BN5/c1-95(2,3)73-47-53-86-80(57-73)81-58-74(96(4,5)6)48-54-87(81)100(86)75-59-90-92-91(60-75)102(94-78(65-31-17-9-18-32-65)41-26-42-79(94)66-33-19-10-20-34-66)89-56-70(72-46-52-85(99-62-72)68-37-23-12-24-38-68)44-50-83(89)97(92)82-49-43-69(71-45-51-84(98-61-71)67-35-21-11-22-36-67)55-88(82)101(90)93-76(63-27-13-7-14-28-63)39-25-40-77(93)64-29-15-8-16-30-64/h7-62H,1-6H3. The Morgan fingerprint density at radius 1 is 0.275 bits per heavy atom. The molecule has 3 aromatic heterocycles. The van der Waals surface area contributed by atoms with Crippen molar-refractivity contribution in [2.75, 3.05) is 9.80 Å². The zero-order valence-electron chi connectivity index (χ0n) is 58.1. The highest BCUT2D eigenvalue weighted by atomic mass is 15.2. The molecule has 0 aliphatic carbocycles. The van der Waals surface area contributed by atoms with Crippen molar-refractivity contribution >= 4 is 79.0 Å². The third kappa shape index (κ3) is 10.7. The fraction of sp³-hybridized carbons (Fsp3) is 0.0833. The van der Waals surface area contributed by atoms with Gasteiger partial charge in [0.1, 0.15) is 0 Å². The highest BCUT2D eigenvalue weighted by molar-refractivity contribution is 7.00. The van der Waals surface area contributed by atoms with Crippen molar-refractivity contribution in [3.8, 4) is 95.0 Å². The lowest BCUT2D eigenvalue weighted by Gasteiger charge is -2.46. The Hall–Kier alpha value is -12.4. The molecule has 0 radical (unpaired) electrons. The molecule has 5 nitrogen and oxygen atoms in total. The fourth-order valence-corrected chi connectivity index (χ4v) is 15.8. The number of fused-ring (bicyclic) bond motifs is 7. The topological polar surface area (TPSA) is 37.2 Å². The number of benzene rings is 13. The van der Waals surface area contributed by atoms with E-state index in [-0.39, 0.29) is 17.5 Å². The lowest BCUT2D eigenvalue weighted by Crippen LogP contribution is -2.61. The van der Waals surface area contributed by atoms with Crippen molar-refractivity contribution in [1.82, 2.24) is 14.5 Å². The van der Waals surface area contributed by atoms with Gasteiger partial charge < -0.3 is 14.4 Å². The molecule has 2 aliphatic rings. The van der Waals surface area contributed by atoms with E-state index in [4.69, 9.17) is 9.97 Å². The Kier molecular flexibility index (Phi) is 15.1. The van der Waals surface area contributed by atoms with Gasteiger partial charge >= 0.3 is 0 Å². The number of nitrogens with zero attached hydrogens (tertiary/aromatic N) is 5. The third-order valence-corrected chi connectivity index (χ3v) is 21.0. The summed E-state index contributed by atoms with van der Waals surface area (Å²) in [5, 5.41) is 2.46. The van der Waals surface area contributed by atoms with Crippen LogP contribution >= 0.6 is 0 Å². The molecule has 18 rings (SSSR count). The zero-order chi connectivity index (χ0) is 68.8. The smallest absolute Gasteiger partial charge is 0.252 e. The Balaban J connectivity index is 1.01. The molecular weight excluding hydrogens is 1230 g/mol. The molecule has 486 valence electrons.